The summed E-state index contributed by atoms with van der Waals surface area (Å²) in [5.74, 6) is -1.09. The number of carbonyl (C=O) groups is 2. The number of nitrogens with zero attached hydrogens (tertiary/aromatic N) is 2. The number of halogens is 1. The molecule has 18 heavy (non-hydrogen) atoms. The highest BCUT2D eigenvalue weighted by atomic mass is 35.5. The highest BCUT2D eigenvalue weighted by molar-refractivity contribution is 6.29. The SMILES string of the molecule is COC(=O)[C@H](NC(=O)c1ccc(Cl)nn1)C(C)C. The van der Waals surface area contributed by atoms with Crippen LogP contribution >= 0.6 is 11.6 Å². The summed E-state index contributed by atoms with van der Waals surface area (Å²) in [4.78, 5) is 23.3. The molecule has 0 fully saturated rings. The van der Waals surface area contributed by atoms with Gasteiger partial charge in [0.1, 0.15) is 6.04 Å². The molecule has 1 atom stereocenters. The number of methoxy groups -OCH3 is 1. The molecule has 1 aromatic rings. The molecule has 0 aliphatic rings. The van der Waals surface area contributed by atoms with Crippen LogP contribution in [-0.4, -0.2) is 35.2 Å². The molecular weight excluding hydrogens is 258 g/mol. The van der Waals surface area contributed by atoms with Gasteiger partial charge in [0.05, 0.1) is 7.11 Å². The van der Waals surface area contributed by atoms with Crippen LogP contribution in [0.3, 0.4) is 0 Å². The van der Waals surface area contributed by atoms with Crippen molar-refractivity contribution in [2.45, 2.75) is 19.9 Å². The van der Waals surface area contributed by atoms with E-state index in [0.29, 0.717) is 0 Å². The molecular formula is C11H14ClN3O3. The third kappa shape index (κ3) is 3.66. The van der Waals surface area contributed by atoms with Gasteiger partial charge < -0.3 is 10.1 Å². The van der Waals surface area contributed by atoms with E-state index >= 15 is 0 Å². The fourth-order valence-corrected chi connectivity index (χ4v) is 1.38. The molecule has 0 aromatic carbocycles. The molecule has 1 aromatic heterocycles. The molecule has 1 heterocycles. The van der Waals surface area contributed by atoms with Gasteiger partial charge in [0.2, 0.25) is 0 Å². The van der Waals surface area contributed by atoms with E-state index in [1.54, 1.807) is 13.8 Å². The lowest BCUT2D eigenvalue weighted by Gasteiger charge is -2.19. The van der Waals surface area contributed by atoms with Crippen molar-refractivity contribution >= 4 is 23.5 Å². The first kappa shape index (κ1) is 14.4. The second-order valence-corrected chi connectivity index (χ2v) is 4.35. The fraction of sp³-hybridized carbons (Fsp3) is 0.455. The Hall–Kier alpha value is -1.69. The zero-order chi connectivity index (χ0) is 13.7. The average Bonchev–Trinajstić information content (AvgIpc) is 2.35. The molecule has 1 rings (SSSR count). The lowest BCUT2D eigenvalue weighted by molar-refractivity contribution is -0.144. The number of rotatable bonds is 4. The van der Waals surface area contributed by atoms with Crippen molar-refractivity contribution in [2.24, 2.45) is 5.92 Å². The molecule has 0 saturated carbocycles. The Kier molecular flexibility index (Phi) is 5.03. The third-order valence-electron chi connectivity index (χ3n) is 2.27. The van der Waals surface area contributed by atoms with Crippen molar-refractivity contribution in [2.75, 3.05) is 7.11 Å². The fourth-order valence-electron chi connectivity index (χ4n) is 1.28. The zero-order valence-corrected chi connectivity index (χ0v) is 11.1. The van der Waals surface area contributed by atoms with Crippen LogP contribution in [0.2, 0.25) is 5.15 Å². The largest absolute Gasteiger partial charge is 0.467 e. The van der Waals surface area contributed by atoms with Crippen molar-refractivity contribution in [3.63, 3.8) is 0 Å². The second kappa shape index (κ2) is 6.30. The van der Waals surface area contributed by atoms with Gasteiger partial charge in [-0.3, -0.25) is 4.79 Å². The number of ether oxygens (including phenoxy) is 1. The Bertz CT molecular complexity index is 434. The number of hydrogen-bond acceptors (Lipinski definition) is 5. The summed E-state index contributed by atoms with van der Waals surface area (Å²) in [6, 6.07) is 2.16. The number of carbonyl (C=O) groups excluding carboxylic acids is 2. The van der Waals surface area contributed by atoms with Crippen LogP contribution in [0.1, 0.15) is 24.3 Å². The summed E-state index contributed by atoms with van der Waals surface area (Å²) in [6.07, 6.45) is 0. The van der Waals surface area contributed by atoms with Gasteiger partial charge in [-0.25, -0.2) is 4.79 Å². The van der Waals surface area contributed by atoms with Crippen molar-refractivity contribution in [3.05, 3.63) is 23.0 Å². The van der Waals surface area contributed by atoms with Crippen LogP contribution in [0.25, 0.3) is 0 Å². The molecule has 1 amide bonds. The topological polar surface area (TPSA) is 81.2 Å². The van der Waals surface area contributed by atoms with Crippen LogP contribution in [-0.2, 0) is 9.53 Å². The smallest absolute Gasteiger partial charge is 0.328 e. The molecule has 1 N–H and O–H groups in total. The Morgan fingerprint density at radius 3 is 2.44 bits per heavy atom. The molecule has 0 aliphatic carbocycles. The van der Waals surface area contributed by atoms with Crippen molar-refractivity contribution < 1.29 is 14.3 Å². The summed E-state index contributed by atoms with van der Waals surface area (Å²) < 4.78 is 4.62. The normalized spacial score (nSPS) is 12.1. The molecule has 6 nitrogen and oxygen atoms in total. The average molecular weight is 272 g/mol. The predicted octanol–water partition coefficient (Wildman–Crippen LogP) is 1.06. The van der Waals surface area contributed by atoms with E-state index in [4.69, 9.17) is 11.6 Å². The molecule has 0 saturated heterocycles. The first-order valence-corrected chi connectivity index (χ1v) is 5.71. The molecule has 0 unspecified atom stereocenters. The molecule has 0 aliphatic heterocycles. The highest BCUT2D eigenvalue weighted by Crippen LogP contribution is 2.06. The standard InChI is InChI=1S/C11H14ClN3O3/c1-6(2)9(11(17)18-3)13-10(16)7-4-5-8(12)15-14-7/h4-6,9H,1-3H3,(H,13,16)/t9-/m1/s1. The lowest BCUT2D eigenvalue weighted by Crippen LogP contribution is -2.45. The summed E-state index contributed by atoms with van der Waals surface area (Å²) in [5, 5.41) is 9.92. The predicted molar refractivity (Wildman–Crippen MR) is 65.2 cm³/mol. The molecule has 7 heteroatoms. The maximum atomic E-state index is 11.8. The van der Waals surface area contributed by atoms with Gasteiger partial charge in [0.15, 0.2) is 10.8 Å². The van der Waals surface area contributed by atoms with E-state index in [2.05, 4.69) is 20.3 Å². The summed E-state index contributed by atoms with van der Waals surface area (Å²) >= 11 is 5.57. The van der Waals surface area contributed by atoms with Gasteiger partial charge in [-0.05, 0) is 18.1 Å². The maximum Gasteiger partial charge on any atom is 0.328 e. The maximum absolute atomic E-state index is 11.8. The number of aromatic nitrogens is 2. The van der Waals surface area contributed by atoms with Crippen LogP contribution in [0.4, 0.5) is 0 Å². The van der Waals surface area contributed by atoms with Crippen LogP contribution < -0.4 is 5.32 Å². The highest BCUT2D eigenvalue weighted by Gasteiger charge is 2.25. The zero-order valence-electron chi connectivity index (χ0n) is 10.3. The Balaban J connectivity index is 2.78. The van der Waals surface area contributed by atoms with Crippen molar-refractivity contribution in [3.8, 4) is 0 Å². The first-order valence-electron chi connectivity index (χ1n) is 5.33. The van der Waals surface area contributed by atoms with E-state index in [1.807, 2.05) is 0 Å². The third-order valence-corrected chi connectivity index (χ3v) is 2.47. The van der Waals surface area contributed by atoms with E-state index in [0.717, 1.165) is 0 Å². The molecule has 0 bridgehead atoms. The van der Waals surface area contributed by atoms with E-state index in [9.17, 15) is 9.59 Å². The lowest BCUT2D eigenvalue weighted by atomic mass is 10.0. The van der Waals surface area contributed by atoms with Gasteiger partial charge in [0, 0.05) is 0 Å². The van der Waals surface area contributed by atoms with E-state index < -0.39 is 17.9 Å². The monoisotopic (exact) mass is 271 g/mol. The number of amides is 1. The van der Waals surface area contributed by atoms with Crippen molar-refractivity contribution in [1.29, 1.82) is 0 Å². The minimum atomic E-state index is -0.722. The first-order chi connectivity index (χ1) is 8.45. The molecule has 0 spiro atoms. The second-order valence-electron chi connectivity index (χ2n) is 3.96. The van der Waals surface area contributed by atoms with E-state index in [1.165, 1.54) is 19.2 Å². The van der Waals surface area contributed by atoms with Crippen LogP contribution in [0.15, 0.2) is 12.1 Å². The number of esters is 1. The molecule has 98 valence electrons. The molecule has 0 radical (unpaired) electrons. The summed E-state index contributed by atoms with van der Waals surface area (Å²) in [7, 11) is 1.27. The summed E-state index contributed by atoms with van der Waals surface area (Å²) in [5.41, 5.74) is 0.0916. The minimum absolute atomic E-state index is 0.0916. The Labute approximate surface area is 110 Å². The van der Waals surface area contributed by atoms with Crippen molar-refractivity contribution in [1.82, 2.24) is 15.5 Å². The Morgan fingerprint density at radius 1 is 1.33 bits per heavy atom. The van der Waals surface area contributed by atoms with Gasteiger partial charge in [-0.1, -0.05) is 25.4 Å². The van der Waals surface area contributed by atoms with Gasteiger partial charge >= 0.3 is 5.97 Å². The minimum Gasteiger partial charge on any atom is -0.467 e. The van der Waals surface area contributed by atoms with Gasteiger partial charge in [-0.2, -0.15) is 0 Å². The number of nitrogens with one attached hydrogen (secondary N) is 1. The quantitative estimate of drug-likeness (QED) is 0.828. The van der Waals surface area contributed by atoms with Gasteiger partial charge in [0.25, 0.3) is 5.91 Å². The number of hydrogen-bond donors (Lipinski definition) is 1. The van der Waals surface area contributed by atoms with Crippen LogP contribution in [0, 0.1) is 5.92 Å². The summed E-state index contributed by atoms with van der Waals surface area (Å²) in [6.45, 7) is 3.60. The van der Waals surface area contributed by atoms with E-state index in [-0.39, 0.29) is 16.8 Å². The van der Waals surface area contributed by atoms with Crippen LogP contribution in [0.5, 0.6) is 0 Å². The Morgan fingerprint density at radius 2 is 2.00 bits per heavy atom. The van der Waals surface area contributed by atoms with Gasteiger partial charge in [-0.15, -0.1) is 10.2 Å².